The van der Waals surface area contributed by atoms with Gasteiger partial charge in [0.1, 0.15) is 5.75 Å². The highest BCUT2D eigenvalue weighted by atomic mass is 127. The second-order valence-corrected chi connectivity index (χ2v) is 6.70. The molecule has 4 N–H and O–H groups in total. The summed E-state index contributed by atoms with van der Waals surface area (Å²) in [5.74, 6) is 0.894. The summed E-state index contributed by atoms with van der Waals surface area (Å²) >= 11 is 6.05. The van der Waals surface area contributed by atoms with Crippen molar-refractivity contribution >= 4 is 58.8 Å². The lowest BCUT2D eigenvalue weighted by molar-refractivity contribution is -0.116. The van der Waals surface area contributed by atoms with E-state index < -0.39 is 0 Å². The van der Waals surface area contributed by atoms with E-state index >= 15 is 0 Å². The Balaban J connectivity index is 0.00000392. The van der Waals surface area contributed by atoms with E-state index in [2.05, 4.69) is 15.6 Å². The van der Waals surface area contributed by atoms with E-state index in [1.807, 2.05) is 51.1 Å². The molecule has 0 aliphatic heterocycles. The fourth-order valence-electron chi connectivity index (χ4n) is 2.31. The highest BCUT2D eigenvalue weighted by Crippen LogP contribution is 2.23. The highest BCUT2D eigenvalue weighted by molar-refractivity contribution is 14.0. The van der Waals surface area contributed by atoms with Crippen molar-refractivity contribution in [1.82, 2.24) is 0 Å². The van der Waals surface area contributed by atoms with Crippen molar-refractivity contribution in [1.29, 1.82) is 0 Å². The van der Waals surface area contributed by atoms with E-state index in [4.69, 9.17) is 22.1 Å². The summed E-state index contributed by atoms with van der Waals surface area (Å²) in [6, 6.07) is 12.8. The lowest BCUT2D eigenvalue weighted by Gasteiger charge is -2.11. The lowest BCUT2D eigenvalue weighted by atomic mass is 10.2. The van der Waals surface area contributed by atoms with E-state index in [0.717, 1.165) is 17.0 Å². The number of halogens is 2. The number of carbonyl (C=O) groups excluding carboxylic acids is 1. The van der Waals surface area contributed by atoms with Crippen molar-refractivity contribution in [2.45, 2.75) is 33.3 Å². The van der Waals surface area contributed by atoms with Crippen molar-refractivity contribution in [2.75, 3.05) is 17.2 Å². The summed E-state index contributed by atoms with van der Waals surface area (Å²) in [5.41, 5.74) is 8.20. The number of hydrogen-bond acceptors (Lipinski definition) is 3. The quantitative estimate of drug-likeness (QED) is 0.280. The van der Waals surface area contributed by atoms with Crippen LogP contribution in [0, 0.1) is 6.92 Å². The van der Waals surface area contributed by atoms with Crippen molar-refractivity contribution < 1.29 is 9.53 Å². The summed E-state index contributed by atoms with van der Waals surface area (Å²) in [5, 5.41) is 6.43. The second-order valence-electron chi connectivity index (χ2n) is 6.29. The van der Waals surface area contributed by atoms with Crippen LogP contribution < -0.4 is 21.1 Å². The first kappa shape index (κ1) is 24.0. The molecule has 2 aromatic carbocycles. The fraction of sp³-hybridized carbons (Fsp3) is 0.300. The predicted octanol–water partition coefficient (Wildman–Crippen LogP) is 4.81. The van der Waals surface area contributed by atoms with Gasteiger partial charge in [0.25, 0.3) is 0 Å². The molecule has 28 heavy (non-hydrogen) atoms. The van der Waals surface area contributed by atoms with E-state index in [0.29, 0.717) is 10.7 Å². The number of carbonyl (C=O) groups is 1. The molecule has 0 aromatic heterocycles. The van der Waals surface area contributed by atoms with Gasteiger partial charge in [-0.25, -0.2) is 0 Å². The first-order valence-corrected chi connectivity index (χ1v) is 9.11. The van der Waals surface area contributed by atoms with Gasteiger partial charge >= 0.3 is 0 Å². The largest absolute Gasteiger partial charge is 0.491 e. The van der Waals surface area contributed by atoms with Crippen LogP contribution in [0.2, 0.25) is 5.02 Å². The van der Waals surface area contributed by atoms with Crippen molar-refractivity contribution in [2.24, 2.45) is 10.7 Å². The van der Waals surface area contributed by atoms with Crippen LogP contribution in [0.4, 0.5) is 11.4 Å². The fourth-order valence-corrected chi connectivity index (χ4v) is 2.48. The number of nitrogens with zero attached hydrogens (tertiary/aromatic N) is 1. The van der Waals surface area contributed by atoms with Gasteiger partial charge in [-0.05, 0) is 62.7 Å². The standard InChI is InChI=1S/C20H25ClN4O2.HI/c1-13(2)27-16-9-7-15(8-10-16)24-20(22)23-12-11-19(26)25-18-6-4-5-17(21)14(18)3;/h4-10,13H,11-12H2,1-3H3,(H,25,26)(H3,22,23,24);1H. The maximum absolute atomic E-state index is 12.0. The number of rotatable bonds is 7. The SMILES string of the molecule is Cc1c(Cl)cccc1NC(=O)CCN=C(N)Nc1ccc(OC(C)C)cc1.I. The van der Waals surface area contributed by atoms with Gasteiger partial charge < -0.3 is 21.1 Å². The molecule has 0 aliphatic carbocycles. The van der Waals surface area contributed by atoms with Crippen molar-refractivity contribution in [3.05, 3.63) is 53.1 Å². The normalized spacial score (nSPS) is 11.0. The van der Waals surface area contributed by atoms with Crippen LogP contribution in [0.1, 0.15) is 25.8 Å². The number of aliphatic imine (C=N–C) groups is 1. The number of hydrogen-bond donors (Lipinski definition) is 3. The molecule has 2 rings (SSSR count). The van der Waals surface area contributed by atoms with Crippen molar-refractivity contribution in [3.63, 3.8) is 0 Å². The monoisotopic (exact) mass is 516 g/mol. The van der Waals surface area contributed by atoms with E-state index in [-0.39, 0.29) is 54.9 Å². The van der Waals surface area contributed by atoms with Gasteiger partial charge in [-0.2, -0.15) is 0 Å². The zero-order chi connectivity index (χ0) is 19.8. The molecular weight excluding hydrogens is 491 g/mol. The molecule has 1 amide bonds. The van der Waals surface area contributed by atoms with E-state index in [1.165, 1.54) is 0 Å². The molecule has 0 bridgehead atoms. The van der Waals surface area contributed by atoms with Crippen LogP contribution in [0.5, 0.6) is 5.75 Å². The second kappa shape index (κ2) is 11.8. The molecule has 0 aliphatic rings. The number of nitrogens with two attached hydrogens (primary N) is 1. The summed E-state index contributed by atoms with van der Waals surface area (Å²) < 4.78 is 5.59. The Morgan fingerprint density at radius 3 is 2.50 bits per heavy atom. The minimum absolute atomic E-state index is 0. The Bertz CT molecular complexity index is 810. The van der Waals surface area contributed by atoms with Crippen LogP contribution in [-0.2, 0) is 4.79 Å². The molecular formula is C20H26ClIN4O2. The van der Waals surface area contributed by atoms with Crippen LogP contribution in [0.25, 0.3) is 0 Å². The zero-order valence-corrected chi connectivity index (χ0v) is 19.2. The number of anilines is 2. The summed E-state index contributed by atoms with van der Waals surface area (Å²) in [6.07, 6.45) is 0.340. The van der Waals surface area contributed by atoms with Gasteiger partial charge in [0, 0.05) is 22.8 Å². The molecule has 0 fully saturated rings. The smallest absolute Gasteiger partial charge is 0.226 e. The maximum Gasteiger partial charge on any atom is 0.226 e. The number of amides is 1. The van der Waals surface area contributed by atoms with Gasteiger partial charge in [0.2, 0.25) is 5.91 Å². The highest BCUT2D eigenvalue weighted by Gasteiger charge is 2.06. The molecule has 0 spiro atoms. The Hall–Kier alpha value is -2.00. The number of ether oxygens (including phenoxy) is 1. The molecule has 0 atom stereocenters. The molecule has 0 saturated carbocycles. The van der Waals surface area contributed by atoms with Gasteiger partial charge in [-0.3, -0.25) is 9.79 Å². The third kappa shape index (κ3) is 7.93. The molecule has 0 unspecified atom stereocenters. The minimum atomic E-state index is -0.146. The predicted molar refractivity (Wildman–Crippen MR) is 127 cm³/mol. The number of guanidine groups is 1. The van der Waals surface area contributed by atoms with Gasteiger partial charge in [-0.15, -0.1) is 24.0 Å². The zero-order valence-electron chi connectivity index (χ0n) is 16.2. The topological polar surface area (TPSA) is 88.7 Å². The molecule has 0 radical (unpaired) electrons. The Morgan fingerprint density at radius 1 is 1.18 bits per heavy atom. The molecule has 6 nitrogen and oxygen atoms in total. The maximum atomic E-state index is 12.0. The van der Waals surface area contributed by atoms with Crippen LogP contribution in [-0.4, -0.2) is 24.5 Å². The molecule has 152 valence electrons. The number of benzene rings is 2. The van der Waals surface area contributed by atoms with E-state index in [1.54, 1.807) is 12.1 Å². The third-order valence-corrected chi connectivity index (χ3v) is 4.07. The first-order chi connectivity index (χ1) is 12.8. The van der Waals surface area contributed by atoms with E-state index in [9.17, 15) is 4.79 Å². The molecule has 2 aromatic rings. The molecule has 0 heterocycles. The van der Waals surface area contributed by atoms with Crippen LogP contribution in [0.15, 0.2) is 47.5 Å². The summed E-state index contributed by atoms with van der Waals surface area (Å²) in [4.78, 5) is 16.2. The van der Waals surface area contributed by atoms with Crippen LogP contribution >= 0.6 is 35.6 Å². The number of nitrogens with one attached hydrogen (secondary N) is 2. The summed E-state index contributed by atoms with van der Waals surface area (Å²) in [7, 11) is 0. The lowest BCUT2D eigenvalue weighted by Crippen LogP contribution is -2.23. The Labute approximate surface area is 187 Å². The average molecular weight is 517 g/mol. The van der Waals surface area contributed by atoms with Crippen molar-refractivity contribution in [3.8, 4) is 5.75 Å². The Kier molecular flexibility index (Phi) is 10.1. The van der Waals surface area contributed by atoms with Gasteiger partial charge in [0.15, 0.2) is 5.96 Å². The molecule has 0 saturated heterocycles. The van der Waals surface area contributed by atoms with Gasteiger partial charge in [-0.1, -0.05) is 17.7 Å². The first-order valence-electron chi connectivity index (χ1n) is 8.74. The Morgan fingerprint density at radius 2 is 1.86 bits per heavy atom. The molecule has 8 heteroatoms. The average Bonchev–Trinajstić information content (AvgIpc) is 2.60. The summed E-state index contributed by atoms with van der Waals surface area (Å²) in [6.45, 7) is 6.08. The minimum Gasteiger partial charge on any atom is -0.491 e. The van der Waals surface area contributed by atoms with Crippen LogP contribution in [0.3, 0.4) is 0 Å². The van der Waals surface area contributed by atoms with Gasteiger partial charge in [0.05, 0.1) is 12.6 Å². The third-order valence-electron chi connectivity index (χ3n) is 3.66.